The highest BCUT2D eigenvalue weighted by atomic mass is 16.5. The van der Waals surface area contributed by atoms with Crippen LogP contribution in [0.4, 0.5) is 5.69 Å². The van der Waals surface area contributed by atoms with E-state index >= 15 is 0 Å². The Morgan fingerprint density at radius 3 is 2.91 bits per heavy atom. The number of allylic oxidation sites excluding steroid dienone is 1. The van der Waals surface area contributed by atoms with E-state index in [-0.39, 0.29) is 5.91 Å². The summed E-state index contributed by atoms with van der Waals surface area (Å²) >= 11 is 0. The van der Waals surface area contributed by atoms with Crippen molar-refractivity contribution in [1.82, 2.24) is 4.98 Å². The monoisotopic (exact) mass is 296 g/mol. The van der Waals surface area contributed by atoms with Gasteiger partial charge in [0.15, 0.2) is 0 Å². The first-order valence-electron chi connectivity index (χ1n) is 7.29. The van der Waals surface area contributed by atoms with E-state index in [1.54, 1.807) is 12.4 Å². The van der Waals surface area contributed by atoms with Crippen molar-refractivity contribution in [3.63, 3.8) is 0 Å². The molecule has 0 unspecified atom stereocenters. The third-order valence-electron chi connectivity index (χ3n) is 3.09. The fraction of sp³-hybridized carbons (Fsp3) is 0.222. The SMILES string of the molecule is CCC=C(C)C(=O)Nc1cccc(OCc2cccnc2)c1. The van der Waals surface area contributed by atoms with Gasteiger partial charge in [0.1, 0.15) is 12.4 Å². The summed E-state index contributed by atoms with van der Waals surface area (Å²) in [5, 5.41) is 2.87. The van der Waals surface area contributed by atoms with Crippen molar-refractivity contribution in [2.75, 3.05) is 5.32 Å². The molecule has 1 amide bonds. The Labute approximate surface area is 130 Å². The number of benzene rings is 1. The molecule has 0 spiro atoms. The normalized spacial score (nSPS) is 11.1. The Hall–Kier alpha value is -2.62. The van der Waals surface area contributed by atoms with Crippen molar-refractivity contribution in [3.8, 4) is 5.75 Å². The van der Waals surface area contributed by atoms with Gasteiger partial charge in [-0.05, 0) is 31.5 Å². The highest BCUT2D eigenvalue weighted by molar-refractivity contribution is 6.03. The largest absolute Gasteiger partial charge is 0.489 e. The van der Waals surface area contributed by atoms with E-state index in [0.717, 1.165) is 17.7 Å². The summed E-state index contributed by atoms with van der Waals surface area (Å²) in [6.07, 6.45) is 6.24. The lowest BCUT2D eigenvalue weighted by atomic mass is 10.2. The summed E-state index contributed by atoms with van der Waals surface area (Å²) in [5.41, 5.74) is 2.43. The number of pyridine rings is 1. The molecule has 4 nitrogen and oxygen atoms in total. The first kappa shape index (κ1) is 15.8. The maximum absolute atomic E-state index is 12.0. The second-order valence-electron chi connectivity index (χ2n) is 4.93. The number of rotatable bonds is 6. The smallest absolute Gasteiger partial charge is 0.250 e. The van der Waals surface area contributed by atoms with Crippen molar-refractivity contribution < 1.29 is 9.53 Å². The predicted molar refractivity (Wildman–Crippen MR) is 87.7 cm³/mol. The Balaban J connectivity index is 1.98. The van der Waals surface area contributed by atoms with Crippen LogP contribution in [0.25, 0.3) is 0 Å². The van der Waals surface area contributed by atoms with Crippen LogP contribution in [0.3, 0.4) is 0 Å². The van der Waals surface area contributed by atoms with Gasteiger partial charge in [-0.2, -0.15) is 0 Å². The Bertz CT molecular complexity index is 651. The van der Waals surface area contributed by atoms with Gasteiger partial charge in [0, 0.05) is 35.3 Å². The number of nitrogens with one attached hydrogen (secondary N) is 1. The van der Waals surface area contributed by atoms with Crippen LogP contribution in [0.1, 0.15) is 25.8 Å². The molecule has 1 heterocycles. The van der Waals surface area contributed by atoms with Gasteiger partial charge in [0.2, 0.25) is 0 Å². The molecule has 0 aliphatic rings. The molecule has 4 heteroatoms. The fourth-order valence-corrected chi connectivity index (χ4v) is 1.94. The number of hydrogen-bond acceptors (Lipinski definition) is 3. The molecule has 1 N–H and O–H groups in total. The van der Waals surface area contributed by atoms with E-state index in [1.807, 2.05) is 56.3 Å². The Kier molecular flexibility index (Phi) is 5.72. The summed E-state index contributed by atoms with van der Waals surface area (Å²) in [6.45, 7) is 4.26. The molecular formula is C18H20N2O2. The van der Waals surface area contributed by atoms with E-state index in [1.165, 1.54) is 0 Å². The van der Waals surface area contributed by atoms with Gasteiger partial charge in [0.05, 0.1) is 0 Å². The van der Waals surface area contributed by atoms with E-state index in [4.69, 9.17) is 4.74 Å². The Morgan fingerprint density at radius 2 is 2.18 bits per heavy atom. The van der Waals surface area contributed by atoms with Crippen molar-refractivity contribution in [1.29, 1.82) is 0 Å². The number of nitrogens with zero attached hydrogens (tertiary/aromatic N) is 1. The predicted octanol–water partition coefficient (Wildman–Crippen LogP) is 3.96. The highest BCUT2D eigenvalue weighted by Crippen LogP contribution is 2.19. The van der Waals surface area contributed by atoms with Crippen molar-refractivity contribution in [2.24, 2.45) is 0 Å². The summed E-state index contributed by atoms with van der Waals surface area (Å²) in [6, 6.07) is 11.2. The first-order chi connectivity index (χ1) is 10.7. The minimum absolute atomic E-state index is 0.0914. The van der Waals surface area contributed by atoms with Gasteiger partial charge >= 0.3 is 0 Å². The molecule has 0 radical (unpaired) electrons. The number of amides is 1. The summed E-state index contributed by atoms with van der Waals surface area (Å²) in [4.78, 5) is 16.0. The Morgan fingerprint density at radius 1 is 1.32 bits per heavy atom. The zero-order valence-corrected chi connectivity index (χ0v) is 12.9. The lowest BCUT2D eigenvalue weighted by Crippen LogP contribution is -2.12. The maximum atomic E-state index is 12.0. The average molecular weight is 296 g/mol. The molecule has 0 aliphatic heterocycles. The van der Waals surface area contributed by atoms with Crippen LogP contribution >= 0.6 is 0 Å². The van der Waals surface area contributed by atoms with Crippen LogP contribution in [0.5, 0.6) is 5.75 Å². The number of anilines is 1. The van der Waals surface area contributed by atoms with E-state index in [0.29, 0.717) is 17.9 Å². The summed E-state index contributed by atoms with van der Waals surface area (Å²) in [5.74, 6) is 0.616. The number of hydrogen-bond donors (Lipinski definition) is 1. The minimum Gasteiger partial charge on any atom is -0.489 e. The third-order valence-corrected chi connectivity index (χ3v) is 3.09. The van der Waals surface area contributed by atoms with Crippen LogP contribution < -0.4 is 10.1 Å². The molecule has 1 aromatic carbocycles. The minimum atomic E-state index is -0.0914. The zero-order valence-electron chi connectivity index (χ0n) is 12.9. The molecule has 0 aliphatic carbocycles. The zero-order chi connectivity index (χ0) is 15.8. The molecule has 0 atom stereocenters. The fourth-order valence-electron chi connectivity index (χ4n) is 1.94. The van der Waals surface area contributed by atoms with E-state index < -0.39 is 0 Å². The summed E-state index contributed by atoms with van der Waals surface area (Å²) < 4.78 is 5.72. The van der Waals surface area contributed by atoms with Gasteiger partial charge in [-0.25, -0.2) is 0 Å². The van der Waals surface area contributed by atoms with Crippen molar-refractivity contribution >= 4 is 11.6 Å². The molecule has 2 aromatic rings. The molecule has 0 fully saturated rings. The second kappa shape index (κ2) is 7.98. The lowest BCUT2D eigenvalue weighted by molar-refractivity contribution is -0.112. The highest BCUT2D eigenvalue weighted by Gasteiger charge is 2.05. The number of carbonyl (C=O) groups is 1. The molecule has 0 bridgehead atoms. The van der Waals surface area contributed by atoms with Crippen LogP contribution in [0.2, 0.25) is 0 Å². The maximum Gasteiger partial charge on any atom is 0.250 e. The van der Waals surface area contributed by atoms with Crippen LogP contribution in [-0.2, 0) is 11.4 Å². The number of aromatic nitrogens is 1. The standard InChI is InChI=1S/C18H20N2O2/c1-3-6-14(2)18(21)20-16-8-4-9-17(11-16)22-13-15-7-5-10-19-12-15/h4-12H,3,13H2,1-2H3,(H,20,21). The lowest BCUT2D eigenvalue weighted by Gasteiger charge is -2.09. The quantitative estimate of drug-likeness (QED) is 0.821. The third kappa shape index (κ3) is 4.74. The number of carbonyl (C=O) groups excluding carboxylic acids is 1. The second-order valence-corrected chi connectivity index (χ2v) is 4.93. The van der Waals surface area contributed by atoms with Crippen LogP contribution in [0, 0.1) is 0 Å². The van der Waals surface area contributed by atoms with Gasteiger partial charge in [-0.3, -0.25) is 9.78 Å². The van der Waals surface area contributed by atoms with E-state index in [9.17, 15) is 4.79 Å². The van der Waals surface area contributed by atoms with Crippen molar-refractivity contribution in [3.05, 3.63) is 66.0 Å². The van der Waals surface area contributed by atoms with Gasteiger partial charge < -0.3 is 10.1 Å². The average Bonchev–Trinajstić information content (AvgIpc) is 2.54. The molecular weight excluding hydrogens is 276 g/mol. The van der Waals surface area contributed by atoms with Crippen molar-refractivity contribution in [2.45, 2.75) is 26.9 Å². The molecule has 114 valence electrons. The molecule has 2 rings (SSSR count). The van der Waals surface area contributed by atoms with Gasteiger partial charge in [-0.15, -0.1) is 0 Å². The topological polar surface area (TPSA) is 51.2 Å². The van der Waals surface area contributed by atoms with Crippen LogP contribution in [0.15, 0.2) is 60.4 Å². The molecule has 1 aromatic heterocycles. The molecule has 0 saturated heterocycles. The molecule has 22 heavy (non-hydrogen) atoms. The number of ether oxygens (including phenoxy) is 1. The van der Waals surface area contributed by atoms with E-state index in [2.05, 4.69) is 10.3 Å². The van der Waals surface area contributed by atoms with Crippen LogP contribution in [-0.4, -0.2) is 10.9 Å². The summed E-state index contributed by atoms with van der Waals surface area (Å²) in [7, 11) is 0. The van der Waals surface area contributed by atoms with Gasteiger partial charge in [0.25, 0.3) is 5.91 Å². The molecule has 0 saturated carbocycles. The van der Waals surface area contributed by atoms with Gasteiger partial charge in [-0.1, -0.05) is 25.1 Å². The first-order valence-corrected chi connectivity index (χ1v) is 7.29.